The Morgan fingerprint density at radius 3 is 1.38 bits per heavy atom. The van der Waals surface area contributed by atoms with Gasteiger partial charge in [0.05, 0.1) is 11.4 Å². The van der Waals surface area contributed by atoms with E-state index in [1.54, 1.807) is 0 Å². The van der Waals surface area contributed by atoms with Gasteiger partial charge in [0, 0.05) is 46.8 Å². The Bertz CT molecular complexity index is 1850. The van der Waals surface area contributed by atoms with E-state index in [2.05, 4.69) is 67.3 Å². The fourth-order valence-corrected chi connectivity index (χ4v) is 5.23. The summed E-state index contributed by atoms with van der Waals surface area (Å²) in [5, 5.41) is 0. The molecule has 4 N–H and O–H groups in total. The number of anilines is 3. The maximum absolute atomic E-state index is 6.05. The molecule has 1 heterocycles. The summed E-state index contributed by atoms with van der Waals surface area (Å²) in [6.07, 6.45) is 0. The molecule has 0 unspecified atom stereocenters. The molecule has 0 aliphatic carbocycles. The van der Waals surface area contributed by atoms with Gasteiger partial charge in [0.25, 0.3) is 0 Å². The number of pyridine rings is 1. The van der Waals surface area contributed by atoms with E-state index in [0.717, 1.165) is 69.7 Å². The molecule has 0 radical (unpaired) electrons. The second-order valence-electron chi connectivity index (χ2n) is 10.7. The Morgan fingerprint density at radius 1 is 0.489 bits per heavy atom. The molecule has 45 heavy (non-hydrogen) atoms. The summed E-state index contributed by atoms with van der Waals surface area (Å²) < 4.78 is 12.0. The summed E-state index contributed by atoms with van der Waals surface area (Å²) in [4.78, 5) is 7.55. The lowest BCUT2D eigenvalue weighted by atomic mass is 9.97. The molecule has 1 aromatic heterocycles. The molecule has 6 rings (SSSR count). The first-order valence-electron chi connectivity index (χ1n) is 15.1. The van der Waals surface area contributed by atoms with Crippen LogP contribution in [0, 0.1) is 0 Å². The highest BCUT2D eigenvalue weighted by Crippen LogP contribution is 2.36. The third kappa shape index (κ3) is 6.92. The van der Waals surface area contributed by atoms with E-state index >= 15 is 0 Å². The van der Waals surface area contributed by atoms with Crippen LogP contribution in [-0.2, 0) is 0 Å². The molecule has 0 spiro atoms. The first kappa shape index (κ1) is 29.3. The molecule has 0 fully saturated rings. The van der Waals surface area contributed by atoms with Gasteiger partial charge in [0.15, 0.2) is 0 Å². The molecule has 0 amide bonds. The number of hydrogen-bond acceptors (Lipinski definition) is 6. The topological polar surface area (TPSA) is 86.6 Å². The van der Waals surface area contributed by atoms with E-state index in [1.165, 1.54) is 5.69 Å². The summed E-state index contributed by atoms with van der Waals surface area (Å²) in [5.74, 6) is 2.94. The SMILES string of the molecule is CCN(CC)c1ccc(-c2ccc(-c3ccc(Oc4ccc(N)cc4)cc3)nc2-c2ccc(Oc3ccc(N)cc3)cc2)cc1. The molecular weight excluding hydrogens is 556 g/mol. The van der Waals surface area contributed by atoms with Gasteiger partial charge in [-0.1, -0.05) is 18.2 Å². The van der Waals surface area contributed by atoms with Crippen LogP contribution in [0.5, 0.6) is 23.0 Å². The van der Waals surface area contributed by atoms with Gasteiger partial charge in [-0.15, -0.1) is 0 Å². The van der Waals surface area contributed by atoms with E-state index < -0.39 is 0 Å². The van der Waals surface area contributed by atoms with Gasteiger partial charge >= 0.3 is 0 Å². The number of nitrogens with zero attached hydrogens (tertiary/aromatic N) is 2. The molecule has 0 saturated carbocycles. The van der Waals surface area contributed by atoms with Crippen LogP contribution in [0.25, 0.3) is 33.6 Å². The Balaban J connectivity index is 1.33. The molecule has 0 aliphatic heterocycles. The predicted octanol–water partition coefficient (Wildman–Crippen LogP) is 9.68. The van der Waals surface area contributed by atoms with Crippen molar-refractivity contribution in [3.05, 3.63) is 133 Å². The average Bonchev–Trinajstić information content (AvgIpc) is 3.08. The fraction of sp³-hybridized carbons (Fsp3) is 0.103. The highest BCUT2D eigenvalue weighted by Gasteiger charge is 2.14. The highest BCUT2D eigenvalue weighted by molar-refractivity contribution is 5.83. The molecule has 0 bridgehead atoms. The van der Waals surface area contributed by atoms with Gasteiger partial charge < -0.3 is 25.8 Å². The normalized spacial score (nSPS) is 10.8. The number of benzene rings is 5. The van der Waals surface area contributed by atoms with Crippen molar-refractivity contribution in [2.75, 3.05) is 29.5 Å². The summed E-state index contributed by atoms with van der Waals surface area (Å²) in [6, 6.07) is 43.7. The molecule has 5 aromatic carbocycles. The molecule has 6 heteroatoms. The quantitative estimate of drug-likeness (QED) is 0.154. The van der Waals surface area contributed by atoms with Crippen LogP contribution in [0.15, 0.2) is 133 Å². The largest absolute Gasteiger partial charge is 0.457 e. The predicted molar refractivity (Wildman–Crippen MR) is 186 cm³/mol. The van der Waals surface area contributed by atoms with Crippen molar-refractivity contribution in [3.8, 4) is 56.6 Å². The molecule has 6 nitrogen and oxygen atoms in total. The number of ether oxygens (including phenoxy) is 2. The van der Waals surface area contributed by atoms with Crippen molar-refractivity contribution in [1.29, 1.82) is 0 Å². The van der Waals surface area contributed by atoms with Gasteiger partial charge in [-0.2, -0.15) is 0 Å². The fourth-order valence-electron chi connectivity index (χ4n) is 5.23. The van der Waals surface area contributed by atoms with E-state index in [9.17, 15) is 0 Å². The molecule has 0 saturated heterocycles. The van der Waals surface area contributed by atoms with E-state index in [0.29, 0.717) is 11.4 Å². The standard InChI is InChI=1S/C39H36N4O2/c1-3-43(4-2)32-15-5-27(6-16-32)37-25-26-38(28-7-17-33(18-8-28)44-35-21-11-30(40)12-22-35)42-39(37)29-9-19-34(20-10-29)45-36-23-13-31(41)14-24-36/h5-26H,3-4,40-41H2,1-2H3. The molecule has 6 aromatic rings. The number of rotatable bonds is 10. The van der Waals surface area contributed by atoms with E-state index in [1.807, 2.05) is 84.9 Å². The second-order valence-corrected chi connectivity index (χ2v) is 10.7. The first-order chi connectivity index (χ1) is 22.0. The number of nitrogen functional groups attached to an aromatic ring is 2. The maximum atomic E-state index is 6.05. The van der Waals surface area contributed by atoms with Crippen molar-refractivity contribution in [1.82, 2.24) is 4.98 Å². The minimum Gasteiger partial charge on any atom is -0.457 e. The van der Waals surface area contributed by atoms with Gasteiger partial charge in [0.2, 0.25) is 0 Å². The lowest BCUT2D eigenvalue weighted by Crippen LogP contribution is -2.21. The Hall–Kier alpha value is -5.75. The summed E-state index contributed by atoms with van der Waals surface area (Å²) >= 11 is 0. The van der Waals surface area contributed by atoms with Crippen LogP contribution in [0.4, 0.5) is 17.1 Å². The number of hydrogen-bond donors (Lipinski definition) is 2. The molecule has 0 atom stereocenters. The number of aromatic nitrogens is 1. The zero-order valence-electron chi connectivity index (χ0n) is 25.5. The molecular formula is C39H36N4O2. The third-order valence-corrected chi connectivity index (χ3v) is 7.71. The Kier molecular flexibility index (Phi) is 8.65. The van der Waals surface area contributed by atoms with Crippen LogP contribution >= 0.6 is 0 Å². The minimum absolute atomic E-state index is 0.699. The smallest absolute Gasteiger partial charge is 0.127 e. The minimum atomic E-state index is 0.699. The monoisotopic (exact) mass is 592 g/mol. The van der Waals surface area contributed by atoms with Gasteiger partial charge in [-0.25, -0.2) is 4.98 Å². The lowest BCUT2D eigenvalue weighted by Gasteiger charge is -2.21. The van der Waals surface area contributed by atoms with Crippen molar-refractivity contribution in [2.24, 2.45) is 0 Å². The first-order valence-corrected chi connectivity index (χ1v) is 15.1. The lowest BCUT2D eigenvalue weighted by molar-refractivity contribution is 0.482. The van der Waals surface area contributed by atoms with E-state index in [4.69, 9.17) is 25.9 Å². The van der Waals surface area contributed by atoms with Crippen LogP contribution in [0.2, 0.25) is 0 Å². The van der Waals surface area contributed by atoms with Crippen molar-refractivity contribution in [3.63, 3.8) is 0 Å². The number of nitrogens with two attached hydrogens (primary N) is 2. The van der Waals surface area contributed by atoms with Crippen LogP contribution in [0.3, 0.4) is 0 Å². The highest BCUT2D eigenvalue weighted by atomic mass is 16.5. The maximum Gasteiger partial charge on any atom is 0.127 e. The molecule has 0 aliphatic rings. The van der Waals surface area contributed by atoms with Crippen molar-refractivity contribution in [2.45, 2.75) is 13.8 Å². The van der Waals surface area contributed by atoms with Crippen LogP contribution in [-0.4, -0.2) is 18.1 Å². The summed E-state index contributed by atoms with van der Waals surface area (Å²) in [7, 11) is 0. The Morgan fingerprint density at radius 2 is 0.911 bits per heavy atom. The van der Waals surface area contributed by atoms with Gasteiger partial charge in [-0.3, -0.25) is 0 Å². The zero-order valence-corrected chi connectivity index (χ0v) is 25.5. The average molecular weight is 593 g/mol. The van der Waals surface area contributed by atoms with Crippen LogP contribution in [0.1, 0.15) is 13.8 Å². The zero-order chi connectivity index (χ0) is 31.2. The van der Waals surface area contributed by atoms with Crippen LogP contribution < -0.4 is 25.8 Å². The van der Waals surface area contributed by atoms with Crippen molar-refractivity contribution >= 4 is 17.1 Å². The Labute approximate surface area is 264 Å². The summed E-state index contributed by atoms with van der Waals surface area (Å²) in [5.41, 5.74) is 20.2. The van der Waals surface area contributed by atoms with E-state index in [-0.39, 0.29) is 0 Å². The summed E-state index contributed by atoms with van der Waals surface area (Å²) in [6.45, 7) is 6.28. The third-order valence-electron chi connectivity index (χ3n) is 7.71. The van der Waals surface area contributed by atoms with Gasteiger partial charge in [0.1, 0.15) is 23.0 Å². The van der Waals surface area contributed by atoms with Gasteiger partial charge in [-0.05, 0) is 135 Å². The molecule has 224 valence electrons. The second kappa shape index (κ2) is 13.3. The van der Waals surface area contributed by atoms with Crippen molar-refractivity contribution < 1.29 is 9.47 Å².